The maximum Gasteiger partial charge on any atom is 1.00 e. The smallest absolute Gasteiger partial charge is 0.872 e. The Morgan fingerprint density at radius 3 is 1.82 bits per heavy atom. The number of anilines is 3. The van der Waals surface area contributed by atoms with E-state index in [2.05, 4.69) is 36.4 Å². The number of hydrogen-bond donors (Lipinski definition) is 3. The van der Waals surface area contributed by atoms with Gasteiger partial charge in [0.25, 0.3) is 5.91 Å². The van der Waals surface area contributed by atoms with E-state index in [1.165, 1.54) is 67.8 Å². The maximum absolute atomic E-state index is 13.2. The normalized spacial score (nSPS) is 10.4. The van der Waals surface area contributed by atoms with Gasteiger partial charge in [0.15, 0.2) is 0 Å². The van der Waals surface area contributed by atoms with E-state index in [-0.39, 0.29) is 182 Å². The van der Waals surface area contributed by atoms with Crippen molar-refractivity contribution in [1.82, 2.24) is 0 Å². The molecule has 0 atom stereocenters. The fourth-order valence-electron chi connectivity index (χ4n) is 4.84. The van der Waals surface area contributed by atoms with Gasteiger partial charge in [0.05, 0.1) is 47.5 Å². The van der Waals surface area contributed by atoms with Crippen molar-refractivity contribution in [3.63, 3.8) is 0 Å². The van der Waals surface area contributed by atoms with Crippen LogP contribution in [0, 0.1) is 6.92 Å². The monoisotopic (exact) mass is 893 g/mol. The van der Waals surface area contributed by atoms with Gasteiger partial charge < -0.3 is 55.3 Å². The number of carbonyl (C=O) groups is 4. The Morgan fingerprint density at radius 2 is 1.21 bits per heavy atom. The largest absolute Gasteiger partial charge is 1.00 e. The molecule has 0 aromatic heterocycles. The molecule has 3 N–H and O–H groups in total. The number of aromatic carboxylic acids is 2. The molecule has 5 aromatic carbocycles. The fourth-order valence-corrected chi connectivity index (χ4v) is 5.44. The molecule has 25 heteroatoms. The summed E-state index contributed by atoms with van der Waals surface area (Å²) >= 11 is 0. The number of ether oxygens (including phenoxy) is 1. The van der Waals surface area contributed by atoms with Gasteiger partial charge in [-0.3, -0.25) is 4.79 Å². The van der Waals surface area contributed by atoms with Gasteiger partial charge in [-0.15, -0.1) is 0 Å². The van der Waals surface area contributed by atoms with Gasteiger partial charge in [-0.05, 0) is 96.4 Å². The topological polar surface area (TPSA) is 312 Å². The number of nitrogens with one attached hydrogen (secondary N) is 3. The van der Waals surface area contributed by atoms with Crippen molar-refractivity contribution in [3.8, 4) is 17.2 Å². The Kier molecular flexibility index (Phi) is 25.0. The molecular formula is C36H24N7Na5O12S. The third-order valence-corrected chi connectivity index (χ3v) is 8.38. The van der Waals surface area contributed by atoms with E-state index in [1.807, 2.05) is 0 Å². The van der Waals surface area contributed by atoms with Gasteiger partial charge in [0.1, 0.15) is 15.9 Å². The molecule has 0 saturated heterocycles. The summed E-state index contributed by atoms with van der Waals surface area (Å²) in [5.41, 5.74) is -0.0734. The molecule has 286 valence electrons. The summed E-state index contributed by atoms with van der Waals surface area (Å²) in [6.07, 6.45) is 0. The summed E-state index contributed by atoms with van der Waals surface area (Å²) in [6.45, 7) is 1.58. The first-order valence-electron chi connectivity index (χ1n) is 15.7. The number of methoxy groups -OCH3 is 1. The average Bonchev–Trinajstić information content (AvgIpc) is 3.14. The molecule has 5 aromatic rings. The molecule has 0 spiro atoms. The number of azo groups is 2. The summed E-state index contributed by atoms with van der Waals surface area (Å²) in [5, 5.41) is 69.6. The first-order valence-corrected chi connectivity index (χ1v) is 17.1. The second-order valence-electron chi connectivity index (χ2n) is 11.4. The third kappa shape index (κ3) is 16.1. The molecule has 5 rings (SSSR count). The second-order valence-corrected chi connectivity index (χ2v) is 12.8. The van der Waals surface area contributed by atoms with E-state index in [1.54, 1.807) is 13.0 Å². The first kappa shape index (κ1) is 58.3. The molecule has 0 saturated carbocycles. The molecule has 0 radical (unpaired) electrons. The van der Waals surface area contributed by atoms with Crippen molar-refractivity contribution in [3.05, 3.63) is 113 Å². The van der Waals surface area contributed by atoms with Crippen LogP contribution < -0.4 is 189 Å². The molecule has 0 fully saturated rings. The standard InChI is InChI=1S/C36H29N7O12S.5Na/c1-18-12-28(30(55-2)17-27(18)43-42-24-15-26(35(49)50)32(45)31(16-24)56(52,53)54)39-33(46)19-4-3-5-22(13-19)38-36(51)37-20-6-8-21(9-7-20)40-41-23-10-11-29(44)25(14-23)34(47)48;;;;;/h3-17,44-45H,1-2H3,(H,39,46)(H,47,48)(H,49,50)(H2,37,38,51)(H,52,53,54);;;;;/q;5*+1/p-5. The minimum Gasteiger partial charge on any atom is -0.872 e. The Hall–Kier alpha value is -2.71. The van der Waals surface area contributed by atoms with E-state index < -0.39 is 67.2 Å². The SMILES string of the molecule is COc1cc(N=Nc2cc(C(=O)[O-])c([O-])c(S(=O)(=O)[O-])c2)c(C)cc1NC(=O)c1cccc(NC(=O)Nc2ccc(N=Nc3ccc([O-])c(C(=O)[O-])c3)cc2)c1.[Na+].[Na+].[Na+].[Na+].[Na+]. The first-order chi connectivity index (χ1) is 26.5. The number of aryl methyl sites for hydroxylation is 1. The Bertz CT molecular complexity index is 2580. The second kappa shape index (κ2) is 26.2. The van der Waals surface area contributed by atoms with Gasteiger partial charge in [0.2, 0.25) is 0 Å². The zero-order valence-corrected chi connectivity index (χ0v) is 44.6. The van der Waals surface area contributed by atoms with E-state index >= 15 is 0 Å². The Labute approximate surface area is 458 Å². The van der Waals surface area contributed by atoms with Gasteiger partial charge in [0, 0.05) is 27.9 Å². The molecule has 19 nitrogen and oxygen atoms in total. The molecule has 0 aliphatic heterocycles. The van der Waals surface area contributed by atoms with Crippen molar-refractivity contribution < 1.29 is 205 Å². The summed E-state index contributed by atoms with van der Waals surface area (Å²) in [7, 11) is -4.05. The number of nitrogens with zero attached hydrogens (tertiary/aromatic N) is 4. The molecular weight excluding hydrogens is 869 g/mol. The number of carboxylic acids is 2. The van der Waals surface area contributed by atoms with Crippen molar-refractivity contribution in [1.29, 1.82) is 0 Å². The van der Waals surface area contributed by atoms with E-state index in [4.69, 9.17) is 4.74 Å². The van der Waals surface area contributed by atoms with Crippen LogP contribution in [-0.4, -0.2) is 44.0 Å². The van der Waals surface area contributed by atoms with Crippen LogP contribution in [0.3, 0.4) is 0 Å². The van der Waals surface area contributed by atoms with Crippen LogP contribution in [-0.2, 0) is 10.1 Å². The number of hydrogen-bond acceptors (Lipinski definition) is 16. The number of carboxylic acid groups (broad SMARTS) is 2. The molecule has 0 heterocycles. The number of urea groups is 1. The third-order valence-electron chi connectivity index (χ3n) is 7.54. The maximum atomic E-state index is 13.2. The van der Waals surface area contributed by atoms with Gasteiger partial charge >= 0.3 is 154 Å². The van der Waals surface area contributed by atoms with Gasteiger partial charge in [-0.1, -0.05) is 23.6 Å². The quantitative estimate of drug-likeness (QED) is 0.0598. The van der Waals surface area contributed by atoms with E-state index in [9.17, 15) is 52.6 Å². The molecule has 0 bridgehead atoms. The van der Waals surface area contributed by atoms with E-state index in [0.29, 0.717) is 29.1 Å². The summed E-state index contributed by atoms with van der Waals surface area (Å²) in [6, 6.07) is 19.0. The summed E-state index contributed by atoms with van der Waals surface area (Å²) < 4.78 is 39.9. The minimum absolute atomic E-state index is 0. The van der Waals surface area contributed by atoms with Crippen LogP contribution in [0.5, 0.6) is 17.2 Å². The molecule has 61 heavy (non-hydrogen) atoms. The zero-order chi connectivity index (χ0) is 40.7. The number of carbonyl (C=O) groups excluding carboxylic acids is 4. The minimum atomic E-state index is -5.35. The Morgan fingerprint density at radius 1 is 0.639 bits per heavy atom. The van der Waals surface area contributed by atoms with Crippen LogP contribution >= 0.6 is 0 Å². The van der Waals surface area contributed by atoms with Crippen LogP contribution in [0.2, 0.25) is 0 Å². The zero-order valence-electron chi connectivity index (χ0n) is 33.8. The molecule has 0 aliphatic rings. The van der Waals surface area contributed by atoms with Crippen LogP contribution in [0.1, 0.15) is 36.6 Å². The Balaban J connectivity index is 0.00000720. The average molecular weight is 894 g/mol. The van der Waals surface area contributed by atoms with Crippen LogP contribution in [0.4, 0.5) is 44.6 Å². The fraction of sp³-hybridized carbons (Fsp3) is 0.0556. The van der Waals surface area contributed by atoms with Crippen molar-refractivity contribution in [2.45, 2.75) is 11.8 Å². The van der Waals surface area contributed by atoms with Crippen molar-refractivity contribution in [2.75, 3.05) is 23.1 Å². The molecule has 3 amide bonds. The predicted octanol–water partition coefficient (Wildman–Crippen LogP) is -11.5. The summed E-state index contributed by atoms with van der Waals surface area (Å²) in [4.78, 5) is 47.0. The van der Waals surface area contributed by atoms with Gasteiger partial charge in [-0.25, -0.2) is 13.2 Å². The summed E-state index contributed by atoms with van der Waals surface area (Å²) in [5.74, 6) is -6.40. The number of amides is 3. The van der Waals surface area contributed by atoms with Crippen molar-refractivity contribution in [2.24, 2.45) is 20.5 Å². The molecule has 0 aliphatic carbocycles. The van der Waals surface area contributed by atoms with E-state index in [0.717, 1.165) is 12.1 Å². The van der Waals surface area contributed by atoms with Crippen LogP contribution in [0.25, 0.3) is 0 Å². The molecule has 0 unspecified atom stereocenters. The number of benzene rings is 5. The van der Waals surface area contributed by atoms with Crippen LogP contribution in [0.15, 0.2) is 116 Å². The van der Waals surface area contributed by atoms with Crippen molar-refractivity contribution >= 4 is 73.8 Å². The predicted molar refractivity (Wildman–Crippen MR) is 188 cm³/mol. The van der Waals surface area contributed by atoms with Gasteiger partial charge in [-0.2, -0.15) is 20.5 Å². The number of rotatable bonds is 12.